The van der Waals surface area contributed by atoms with Crippen LogP contribution in [0.2, 0.25) is 0 Å². The van der Waals surface area contributed by atoms with Gasteiger partial charge in [-0.05, 0) is 13.3 Å². The molecule has 0 saturated carbocycles. The summed E-state index contributed by atoms with van der Waals surface area (Å²) in [5, 5.41) is 5.64. The molecule has 0 aliphatic carbocycles. The van der Waals surface area contributed by atoms with E-state index in [0.29, 0.717) is 12.2 Å². The Bertz CT molecular complexity index is 297. The topological polar surface area (TPSA) is 67.4 Å². The predicted molar refractivity (Wildman–Crippen MR) is 55.0 cm³/mol. The van der Waals surface area contributed by atoms with Crippen molar-refractivity contribution in [3.05, 3.63) is 11.3 Å². The molecule has 0 saturated heterocycles. The zero-order valence-corrected chi connectivity index (χ0v) is 9.05. The molecule has 0 unspecified atom stereocenters. The summed E-state index contributed by atoms with van der Waals surface area (Å²) in [6.45, 7) is 5.13. The van der Waals surface area contributed by atoms with Crippen molar-refractivity contribution in [3.63, 3.8) is 0 Å². The summed E-state index contributed by atoms with van der Waals surface area (Å²) in [4.78, 5) is 22.8. The molecule has 0 spiro atoms. The minimum absolute atomic E-state index is 0.116. The Morgan fingerprint density at radius 2 is 2.27 bits per heavy atom. The maximum absolute atomic E-state index is 11.4. The highest BCUT2D eigenvalue weighted by Crippen LogP contribution is 2.10. The summed E-state index contributed by atoms with van der Waals surface area (Å²) in [5.74, 6) is -0.904. The highest BCUT2D eigenvalue weighted by molar-refractivity contribution is 6.18. The van der Waals surface area contributed by atoms with Crippen LogP contribution in [0.25, 0.3) is 0 Å². The van der Waals surface area contributed by atoms with Crippen molar-refractivity contribution in [2.24, 2.45) is 0 Å². The normalized spacial score (nSPS) is 15.2. The van der Waals surface area contributed by atoms with Gasteiger partial charge in [-0.15, -0.1) is 0 Å². The third-order valence-corrected chi connectivity index (χ3v) is 2.02. The summed E-state index contributed by atoms with van der Waals surface area (Å²) in [7, 11) is 0. The molecule has 15 heavy (non-hydrogen) atoms. The van der Waals surface area contributed by atoms with Crippen LogP contribution in [0.3, 0.4) is 0 Å². The molecule has 1 heterocycles. The molecule has 0 bridgehead atoms. The average molecular weight is 212 g/mol. The second-order valence-electron chi connectivity index (χ2n) is 3.18. The predicted octanol–water partition coefficient (Wildman–Crippen LogP) is -0.0670. The first-order valence-corrected chi connectivity index (χ1v) is 5.13. The summed E-state index contributed by atoms with van der Waals surface area (Å²) in [6.07, 6.45) is 0.938. The van der Waals surface area contributed by atoms with E-state index in [2.05, 4.69) is 10.6 Å². The fourth-order valence-electron chi connectivity index (χ4n) is 1.33. The van der Waals surface area contributed by atoms with E-state index in [4.69, 9.17) is 4.74 Å². The van der Waals surface area contributed by atoms with Crippen molar-refractivity contribution in [2.75, 3.05) is 19.7 Å². The molecule has 84 valence electrons. The average Bonchev–Trinajstić information content (AvgIpc) is 2.57. The Morgan fingerprint density at radius 1 is 1.53 bits per heavy atom. The maximum atomic E-state index is 11.4. The molecule has 0 atom stereocenters. The quantitative estimate of drug-likeness (QED) is 0.494. The van der Waals surface area contributed by atoms with Crippen LogP contribution < -0.4 is 10.6 Å². The number of carbonyl (C=O) groups is 2. The van der Waals surface area contributed by atoms with E-state index in [1.54, 1.807) is 6.92 Å². The molecule has 0 aromatic heterocycles. The Labute approximate surface area is 88.9 Å². The largest absolute Gasteiger partial charge is 0.462 e. The van der Waals surface area contributed by atoms with Gasteiger partial charge in [-0.3, -0.25) is 4.79 Å². The second-order valence-corrected chi connectivity index (χ2v) is 3.18. The van der Waals surface area contributed by atoms with E-state index < -0.39 is 5.97 Å². The molecule has 5 nitrogen and oxygen atoms in total. The monoisotopic (exact) mass is 212 g/mol. The van der Waals surface area contributed by atoms with Crippen LogP contribution in [-0.4, -0.2) is 31.6 Å². The van der Waals surface area contributed by atoms with Crippen molar-refractivity contribution < 1.29 is 14.3 Å². The SMILES string of the molecule is CCCNC1=C(C(=O)OCC)C(=O)NC1. The molecule has 0 aromatic rings. The van der Waals surface area contributed by atoms with Gasteiger partial charge in [-0.2, -0.15) is 0 Å². The minimum atomic E-state index is -0.550. The van der Waals surface area contributed by atoms with Gasteiger partial charge in [0.15, 0.2) is 0 Å². The Hall–Kier alpha value is -1.52. The second kappa shape index (κ2) is 5.38. The fraction of sp³-hybridized carbons (Fsp3) is 0.600. The molecule has 1 amide bonds. The maximum Gasteiger partial charge on any atom is 0.345 e. The summed E-state index contributed by atoms with van der Waals surface area (Å²) >= 11 is 0. The summed E-state index contributed by atoms with van der Waals surface area (Å²) in [6, 6.07) is 0. The molecule has 1 aliphatic heterocycles. The minimum Gasteiger partial charge on any atom is -0.462 e. The Balaban J connectivity index is 2.76. The smallest absolute Gasteiger partial charge is 0.345 e. The number of nitrogens with one attached hydrogen (secondary N) is 2. The fourth-order valence-corrected chi connectivity index (χ4v) is 1.33. The van der Waals surface area contributed by atoms with Crippen LogP contribution in [-0.2, 0) is 14.3 Å². The van der Waals surface area contributed by atoms with Crippen LogP contribution in [0, 0.1) is 0 Å². The molecular weight excluding hydrogens is 196 g/mol. The van der Waals surface area contributed by atoms with Crippen LogP contribution in [0.15, 0.2) is 11.3 Å². The number of esters is 1. The highest BCUT2D eigenvalue weighted by Gasteiger charge is 2.29. The van der Waals surface area contributed by atoms with Crippen LogP contribution in [0.1, 0.15) is 20.3 Å². The van der Waals surface area contributed by atoms with Crippen molar-refractivity contribution in [3.8, 4) is 0 Å². The lowest BCUT2D eigenvalue weighted by atomic mass is 10.2. The summed E-state index contributed by atoms with van der Waals surface area (Å²) in [5.41, 5.74) is 0.755. The Morgan fingerprint density at radius 3 is 2.87 bits per heavy atom. The third-order valence-electron chi connectivity index (χ3n) is 2.02. The number of hydrogen-bond acceptors (Lipinski definition) is 4. The molecule has 0 radical (unpaired) electrons. The van der Waals surface area contributed by atoms with Gasteiger partial charge in [-0.25, -0.2) is 4.79 Å². The van der Waals surface area contributed by atoms with Crippen molar-refractivity contribution in [1.29, 1.82) is 0 Å². The molecule has 1 aliphatic rings. The number of hydrogen-bond donors (Lipinski definition) is 2. The van der Waals surface area contributed by atoms with E-state index in [1.165, 1.54) is 0 Å². The van der Waals surface area contributed by atoms with Crippen molar-refractivity contribution in [2.45, 2.75) is 20.3 Å². The lowest BCUT2D eigenvalue weighted by Gasteiger charge is -2.06. The van der Waals surface area contributed by atoms with Gasteiger partial charge in [0.25, 0.3) is 5.91 Å². The van der Waals surface area contributed by atoms with E-state index in [9.17, 15) is 9.59 Å². The third kappa shape index (κ3) is 2.71. The van der Waals surface area contributed by atoms with Gasteiger partial charge in [-0.1, -0.05) is 6.92 Å². The van der Waals surface area contributed by atoms with Crippen LogP contribution >= 0.6 is 0 Å². The lowest BCUT2D eigenvalue weighted by Crippen LogP contribution is -2.22. The molecule has 1 rings (SSSR count). The van der Waals surface area contributed by atoms with E-state index in [1.807, 2.05) is 6.92 Å². The van der Waals surface area contributed by atoms with Gasteiger partial charge in [0.2, 0.25) is 0 Å². The molecule has 2 N–H and O–H groups in total. The number of amides is 1. The summed E-state index contributed by atoms with van der Waals surface area (Å²) < 4.78 is 4.81. The van der Waals surface area contributed by atoms with Crippen LogP contribution in [0.4, 0.5) is 0 Å². The first-order chi connectivity index (χ1) is 7.20. The van der Waals surface area contributed by atoms with Crippen molar-refractivity contribution >= 4 is 11.9 Å². The first-order valence-electron chi connectivity index (χ1n) is 5.13. The molecule has 0 fully saturated rings. The van der Waals surface area contributed by atoms with Gasteiger partial charge < -0.3 is 15.4 Å². The van der Waals surface area contributed by atoms with E-state index in [-0.39, 0.29) is 18.1 Å². The number of carbonyl (C=O) groups excluding carboxylic acids is 2. The van der Waals surface area contributed by atoms with Crippen molar-refractivity contribution in [1.82, 2.24) is 10.6 Å². The van der Waals surface area contributed by atoms with Crippen LogP contribution in [0.5, 0.6) is 0 Å². The van der Waals surface area contributed by atoms with Gasteiger partial charge in [0, 0.05) is 6.54 Å². The number of rotatable bonds is 5. The standard InChI is InChI=1S/C10H16N2O3/c1-3-5-11-7-6-12-9(13)8(7)10(14)15-4-2/h11H,3-6H2,1-2H3,(H,12,13). The Kier molecular flexibility index (Phi) is 4.15. The van der Waals surface area contributed by atoms with E-state index in [0.717, 1.165) is 13.0 Å². The van der Waals surface area contributed by atoms with Gasteiger partial charge in [0.1, 0.15) is 5.57 Å². The molecule has 0 aromatic carbocycles. The lowest BCUT2D eigenvalue weighted by molar-refractivity contribution is -0.140. The number of ether oxygens (including phenoxy) is 1. The zero-order chi connectivity index (χ0) is 11.3. The van der Waals surface area contributed by atoms with Gasteiger partial charge in [0.05, 0.1) is 18.8 Å². The molecular formula is C10H16N2O3. The zero-order valence-electron chi connectivity index (χ0n) is 9.05. The molecule has 5 heteroatoms. The highest BCUT2D eigenvalue weighted by atomic mass is 16.5. The van der Waals surface area contributed by atoms with E-state index >= 15 is 0 Å². The first kappa shape index (κ1) is 11.6. The van der Waals surface area contributed by atoms with Gasteiger partial charge >= 0.3 is 5.97 Å².